The Morgan fingerprint density at radius 3 is 2.60 bits per heavy atom. The summed E-state index contributed by atoms with van der Waals surface area (Å²) in [5.41, 5.74) is 0. The summed E-state index contributed by atoms with van der Waals surface area (Å²) in [4.78, 5) is 12.8. The molecule has 15 heavy (non-hydrogen) atoms. The second kappa shape index (κ2) is 6.35. The van der Waals surface area contributed by atoms with E-state index in [-0.39, 0.29) is 5.24 Å². The van der Waals surface area contributed by atoms with E-state index in [2.05, 4.69) is 0 Å². The van der Waals surface area contributed by atoms with Gasteiger partial charge in [0.05, 0.1) is 6.61 Å². The van der Waals surface area contributed by atoms with Gasteiger partial charge >= 0.3 is 0 Å². The molecule has 4 heteroatoms. The van der Waals surface area contributed by atoms with Crippen LogP contribution in [0.1, 0.15) is 0 Å². The van der Waals surface area contributed by atoms with Crippen molar-refractivity contribution in [3.8, 4) is 5.75 Å². The third-order valence-corrected chi connectivity index (χ3v) is 2.67. The lowest BCUT2D eigenvalue weighted by atomic mass is 10.3. The lowest BCUT2D eigenvalue weighted by Crippen LogP contribution is -2.17. The maximum Gasteiger partial charge on any atom is 0.281 e. The quantitative estimate of drug-likeness (QED) is 0.737. The normalized spacial score (nSPS) is 9.73. The molecule has 1 rings (SSSR count). The monoisotopic (exact) mass is 225 g/mol. The number of rotatable bonds is 4. The Bertz CT molecular complexity index is 301. The number of thioether (sulfide) groups is 1. The number of nitrogens with zero attached hydrogens (tertiary/aromatic N) is 1. The van der Waals surface area contributed by atoms with Gasteiger partial charge < -0.3 is 9.64 Å². The van der Waals surface area contributed by atoms with Gasteiger partial charge in [0, 0.05) is 19.8 Å². The Morgan fingerprint density at radius 1 is 1.33 bits per heavy atom. The summed E-state index contributed by atoms with van der Waals surface area (Å²) in [6.07, 6.45) is 0. The number of carbonyl (C=O) groups is 1. The van der Waals surface area contributed by atoms with Gasteiger partial charge in [-0.2, -0.15) is 0 Å². The van der Waals surface area contributed by atoms with E-state index in [4.69, 9.17) is 4.74 Å². The topological polar surface area (TPSA) is 29.5 Å². The fourth-order valence-electron chi connectivity index (χ4n) is 0.934. The second-order valence-corrected chi connectivity index (χ2v) is 4.22. The van der Waals surface area contributed by atoms with Crippen molar-refractivity contribution < 1.29 is 9.53 Å². The number of benzene rings is 1. The summed E-state index contributed by atoms with van der Waals surface area (Å²) in [5, 5.41) is 0.0617. The van der Waals surface area contributed by atoms with Crippen LogP contribution in [0.3, 0.4) is 0 Å². The average molecular weight is 225 g/mol. The first-order valence-electron chi connectivity index (χ1n) is 4.72. The average Bonchev–Trinajstić information content (AvgIpc) is 2.25. The molecule has 0 spiro atoms. The van der Waals surface area contributed by atoms with Crippen LogP contribution in [-0.2, 0) is 0 Å². The molecular formula is C11H15NO2S. The van der Waals surface area contributed by atoms with Crippen molar-refractivity contribution in [3.05, 3.63) is 30.3 Å². The zero-order chi connectivity index (χ0) is 11.1. The van der Waals surface area contributed by atoms with Gasteiger partial charge in [-0.1, -0.05) is 30.0 Å². The first-order chi connectivity index (χ1) is 7.20. The summed E-state index contributed by atoms with van der Waals surface area (Å²) in [7, 11) is 3.49. The predicted molar refractivity (Wildman–Crippen MR) is 63.5 cm³/mol. The summed E-state index contributed by atoms with van der Waals surface area (Å²) in [5.74, 6) is 1.52. The molecule has 0 aliphatic carbocycles. The van der Waals surface area contributed by atoms with Gasteiger partial charge in [0.2, 0.25) is 0 Å². The van der Waals surface area contributed by atoms with Crippen LogP contribution in [0.4, 0.5) is 4.79 Å². The fraction of sp³-hybridized carbons (Fsp3) is 0.364. The molecule has 0 bridgehead atoms. The molecule has 0 unspecified atom stereocenters. The molecule has 0 saturated carbocycles. The zero-order valence-corrected chi connectivity index (χ0v) is 9.79. The third kappa shape index (κ3) is 4.74. The van der Waals surface area contributed by atoms with Crippen LogP contribution in [-0.4, -0.2) is 36.6 Å². The van der Waals surface area contributed by atoms with Crippen molar-refractivity contribution in [3.63, 3.8) is 0 Å². The highest BCUT2D eigenvalue weighted by molar-refractivity contribution is 8.13. The molecule has 0 aromatic heterocycles. The third-order valence-electron chi connectivity index (χ3n) is 1.69. The number of carbonyl (C=O) groups excluding carboxylic acids is 1. The maximum atomic E-state index is 11.2. The van der Waals surface area contributed by atoms with Gasteiger partial charge in [-0.15, -0.1) is 0 Å². The first kappa shape index (κ1) is 11.9. The number of hydrogen-bond acceptors (Lipinski definition) is 3. The summed E-state index contributed by atoms with van der Waals surface area (Å²) in [6.45, 7) is 0.550. The summed E-state index contributed by atoms with van der Waals surface area (Å²) >= 11 is 1.27. The van der Waals surface area contributed by atoms with Crippen LogP contribution >= 0.6 is 11.8 Å². The Balaban J connectivity index is 2.15. The molecule has 0 fully saturated rings. The van der Waals surface area contributed by atoms with E-state index in [0.29, 0.717) is 12.4 Å². The van der Waals surface area contributed by atoms with Gasteiger partial charge in [-0.05, 0) is 12.1 Å². The minimum atomic E-state index is 0.0617. The molecule has 1 amide bonds. The van der Waals surface area contributed by atoms with E-state index in [1.807, 2.05) is 30.3 Å². The molecule has 3 nitrogen and oxygen atoms in total. The number of hydrogen-bond donors (Lipinski definition) is 0. The van der Waals surface area contributed by atoms with Crippen molar-refractivity contribution in [2.24, 2.45) is 0 Å². The molecule has 1 aromatic carbocycles. The van der Waals surface area contributed by atoms with Crippen LogP contribution in [0.15, 0.2) is 30.3 Å². The smallest absolute Gasteiger partial charge is 0.281 e. The van der Waals surface area contributed by atoms with E-state index in [1.54, 1.807) is 19.0 Å². The van der Waals surface area contributed by atoms with Gasteiger partial charge in [0.15, 0.2) is 0 Å². The van der Waals surface area contributed by atoms with Crippen molar-refractivity contribution in [2.75, 3.05) is 26.5 Å². The molecule has 0 N–H and O–H groups in total. The Hall–Kier alpha value is -1.16. The highest BCUT2D eigenvalue weighted by Gasteiger charge is 2.03. The standard InChI is InChI=1S/C11H15NO2S/c1-12(2)11(13)15-9-8-14-10-6-4-3-5-7-10/h3-7H,8-9H2,1-2H3. The predicted octanol–water partition coefficient (Wildman–Crippen LogP) is 2.48. The van der Waals surface area contributed by atoms with E-state index in [0.717, 1.165) is 5.75 Å². The van der Waals surface area contributed by atoms with E-state index < -0.39 is 0 Å². The molecule has 0 aliphatic rings. The second-order valence-electron chi connectivity index (χ2n) is 3.17. The highest BCUT2D eigenvalue weighted by atomic mass is 32.2. The van der Waals surface area contributed by atoms with Crippen LogP contribution in [0.2, 0.25) is 0 Å². The minimum absolute atomic E-state index is 0.0617. The molecule has 1 aromatic rings. The van der Waals surface area contributed by atoms with E-state index >= 15 is 0 Å². The summed E-state index contributed by atoms with van der Waals surface area (Å²) < 4.78 is 5.44. The zero-order valence-electron chi connectivity index (χ0n) is 8.97. The van der Waals surface area contributed by atoms with E-state index in [9.17, 15) is 4.79 Å². The minimum Gasteiger partial charge on any atom is -0.493 e. The van der Waals surface area contributed by atoms with Crippen LogP contribution < -0.4 is 4.74 Å². The number of amides is 1. The van der Waals surface area contributed by atoms with Crippen LogP contribution in [0, 0.1) is 0 Å². The van der Waals surface area contributed by atoms with Gasteiger partial charge in [0.25, 0.3) is 5.24 Å². The van der Waals surface area contributed by atoms with Crippen molar-refractivity contribution in [1.82, 2.24) is 4.90 Å². The Labute approximate surface area is 94.4 Å². The largest absolute Gasteiger partial charge is 0.493 e. The molecule has 0 aliphatic heterocycles. The molecule has 0 radical (unpaired) electrons. The van der Waals surface area contributed by atoms with Crippen LogP contribution in [0.25, 0.3) is 0 Å². The lowest BCUT2D eigenvalue weighted by molar-refractivity contribution is 0.241. The SMILES string of the molecule is CN(C)C(=O)SCCOc1ccccc1. The van der Waals surface area contributed by atoms with Crippen LogP contribution in [0.5, 0.6) is 5.75 Å². The molecule has 0 saturated heterocycles. The van der Waals surface area contributed by atoms with Crippen molar-refractivity contribution in [1.29, 1.82) is 0 Å². The van der Waals surface area contributed by atoms with E-state index in [1.165, 1.54) is 11.8 Å². The Morgan fingerprint density at radius 2 is 2.00 bits per heavy atom. The highest BCUT2D eigenvalue weighted by Crippen LogP contribution is 2.10. The number of para-hydroxylation sites is 1. The maximum absolute atomic E-state index is 11.2. The molecule has 0 atom stereocenters. The number of ether oxygens (including phenoxy) is 1. The van der Waals surface area contributed by atoms with Crippen molar-refractivity contribution >= 4 is 17.0 Å². The summed E-state index contributed by atoms with van der Waals surface area (Å²) in [6, 6.07) is 9.59. The molecule has 0 heterocycles. The fourth-order valence-corrected chi connectivity index (χ4v) is 1.53. The van der Waals surface area contributed by atoms with Crippen molar-refractivity contribution in [2.45, 2.75) is 0 Å². The Kier molecular flexibility index (Phi) is 5.04. The molecule has 82 valence electrons. The lowest BCUT2D eigenvalue weighted by Gasteiger charge is -2.09. The first-order valence-corrected chi connectivity index (χ1v) is 5.70. The van der Waals surface area contributed by atoms with Gasteiger partial charge in [-0.3, -0.25) is 4.79 Å². The van der Waals surface area contributed by atoms with Gasteiger partial charge in [0.1, 0.15) is 5.75 Å². The molecular weight excluding hydrogens is 210 g/mol. The van der Waals surface area contributed by atoms with Gasteiger partial charge in [-0.25, -0.2) is 0 Å².